The van der Waals surface area contributed by atoms with E-state index in [1.165, 1.54) is 4.90 Å². The fraction of sp³-hybridized carbons (Fsp3) is 0.474. The minimum atomic E-state index is -0.126. The highest BCUT2D eigenvalue weighted by Crippen LogP contribution is 2.31. The Kier molecular flexibility index (Phi) is 5.59. The number of nitrogens with zero attached hydrogens (tertiary/aromatic N) is 2. The summed E-state index contributed by atoms with van der Waals surface area (Å²) in [6, 6.07) is 7.57. The van der Waals surface area contributed by atoms with Gasteiger partial charge >= 0.3 is 0 Å². The molecule has 0 saturated carbocycles. The van der Waals surface area contributed by atoms with Crippen LogP contribution >= 0.6 is 0 Å². The van der Waals surface area contributed by atoms with Gasteiger partial charge in [-0.25, -0.2) is 0 Å². The fourth-order valence-corrected chi connectivity index (χ4v) is 2.87. The van der Waals surface area contributed by atoms with Crippen LogP contribution in [0, 0.1) is 0 Å². The first-order valence-corrected chi connectivity index (χ1v) is 8.40. The molecule has 1 atom stereocenters. The lowest BCUT2D eigenvalue weighted by Gasteiger charge is -2.30. The third kappa shape index (κ3) is 3.46. The van der Waals surface area contributed by atoms with Gasteiger partial charge in [0.2, 0.25) is 5.91 Å². The van der Waals surface area contributed by atoms with Gasteiger partial charge in [0.25, 0.3) is 5.91 Å². The zero-order chi connectivity index (χ0) is 17.0. The quantitative estimate of drug-likeness (QED) is 0.772. The van der Waals surface area contributed by atoms with Crippen LogP contribution in [0.3, 0.4) is 0 Å². The van der Waals surface area contributed by atoms with Crippen molar-refractivity contribution in [1.29, 1.82) is 0 Å². The van der Waals surface area contributed by atoms with Gasteiger partial charge in [0, 0.05) is 29.4 Å². The minimum Gasteiger partial charge on any atom is -0.338 e. The molecule has 4 nitrogen and oxygen atoms in total. The zero-order valence-electron chi connectivity index (χ0n) is 14.3. The van der Waals surface area contributed by atoms with Crippen molar-refractivity contribution in [3.8, 4) is 0 Å². The average Bonchev–Trinajstić information content (AvgIpc) is 2.80. The Hall–Kier alpha value is -2.10. The maximum atomic E-state index is 12.7. The summed E-state index contributed by atoms with van der Waals surface area (Å²) in [6.07, 6.45) is 2.93. The Morgan fingerprint density at radius 3 is 2.48 bits per heavy atom. The number of fused-ring (bicyclic) bond motifs is 1. The van der Waals surface area contributed by atoms with E-state index in [0.29, 0.717) is 11.3 Å². The van der Waals surface area contributed by atoms with Crippen LogP contribution in [-0.2, 0) is 4.79 Å². The van der Waals surface area contributed by atoms with Crippen LogP contribution in [0.15, 0.2) is 30.8 Å². The molecule has 0 saturated heterocycles. The predicted octanol–water partition coefficient (Wildman–Crippen LogP) is 3.54. The average molecular weight is 314 g/mol. The van der Waals surface area contributed by atoms with Crippen molar-refractivity contribution in [2.75, 3.05) is 13.1 Å². The SMILES string of the molecule is C=C1c2ccccc2C(=O)N1CC(=O)N(CCCC)C(C)CC. The smallest absolute Gasteiger partial charge is 0.259 e. The Balaban J connectivity index is 2.13. The highest BCUT2D eigenvalue weighted by Gasteiger charge is 2.33. The lowest BCUT2D eigenvalue weighted by molar-refractivity contribution is -0.133. The number of amides is 2. The molecule has 1 aliphatic rings. The van der Waals surface area contributed by atoms with Crippen LogP contribution in [-0.4, -0.2) is 40.7 Å². The van der Waals surface area contributed by atoms with Crippen LogP contribution in [0.4, 0.5) is 0 Å². The summed E-state index contributed by atoms with van der Waals surface area (Å²) in [6.45, 7) is 11.1. The van der Waals surface area contributed by atoms with Gasteiger partial charge in [-0.05, 0) is 25.8 Å². The molecule has 0 aromatic heterocycles. The van der Waals surface area contributed by atoms with E-state index in [2.05, 4.69) is 27.4 Å². The summed E-state index contributed by atoms with van der Waals surface area (Å²) >= 11 is 0. The Morgan fingerprint density at radius 1 is 1.26 bits per heavy atom. The predicted molar refractivity (Wildman–Crippen MR) is 92.9 cm³/mol. The number of hydrogen-bond donors (Lipinski definition) is 0. The summed E-state index contributed by atoms with van der Waals surface area (Å²) in [7, 11) is 0. The first-order valence-electron chi connectivity index (χ1n) is 8.40. The number of hydrogen-bond acceptors (Lipinski definition) is 2. The van der Waals surface area contributed by atoms with Gasteiger partial charge in [0.15, 0.2) is 0 Å². The number of benzene rings is 1. The second kappa shape index (κ2) is 7.44. The van der Waals surface area contributed by atoms with Crippen molar-refractivity contribution in [3.63, 3.8) is 0 Å². The minimum absolute atomic E-state index is 0.00453. The zero-order valence-corrected chi connectivity index (χ0v) is 14.3. The molecule has 1 aliphatic heterocycles. The molecule has 4 heteroatoms. The lowest BCUT2D eigenvalue weighted by atomic mass is 10.1. The van der Waals surface area contributed by atoms with E-state index >= 15 is 0 Å². The van der Waals surface area contributed by atoms with Gasteiger partial charge in [0.1, 0.15) is 6.54 Å². The standard InChI is InChI=1S/C19H26N2O2/c1-5-7-12-20(14(3)6-2)18(22)13-21-15(4)16-10-8-9-11-17(16)19(21)23/h8-11,14H,4-7,12-13H2,1-3H3. The maximum Gasteiger partial charge on any atom is 0.259 e. The molecule has 23 heavy (non-hydrogen) atoms. The first-order chi connectivity index (χ1) is 11.0. The highest BCUT2D eigenvalue weighted by molar-refractivity contribution is 6.10. The van der Waals surface area contributed by atoms with E-state index in [-0.39, 0.29) is 24.4 Å². The number of carbonyl (C=O) groups excluding carboxylic acids is 2. The van der Waals surface area contributed by atoms with E-state index < -0.39 is 0 Å². The molecule has 0 aliphatic carbocycles. The normalized spacial score (nSPS) is 14.8. The molecule has 0 N–H and O–H groups in total. The van der Waals surface area contributed by atoms with Crippen molar-refractivity contribution < 1.29 is 9.59 Å². The van der Waals surface area contributed by atoms with Gasteiger partial charge in [0.05, 0.1) is 0 Å². The molecule has 0 bridgehead atoms. The van der Waals surface area contributed by atoms with E-state index in [4.69, 9.17) is 0 Å². The maximum absolute atomic E-state index is 12.7. The Labute approximate surface area is 138 Å². The van der Waals surface area contributed by atoms with Crippen LogP contribution in [0.5, 0.6) is 0 Å². The molecule has 1 unspecified atom stereocenters. The molecule has 124 valence electrons. The lowest BCUT2D eigenvalue weighted by Crippen LogP contribution is -2.44. The third-order valence-electron chi connectivity index (χ3n) is 4.53. The van der Waals surface area contributed by atoms with Crippen molar-refractivity contribution in [1.82, 2.24) is 9.80 Å². The van der Waals surface area contributed by atoms with Gasteiger partial charge in [-0.15, -0.1) is 0 Å². The first kappa shape index (κ1) is 17.3. The van der Waals surface area contributed by atoms with Gasteiger partial charge in [-0.2, -0.15) is 0 Å². The van der Waals surface area contributed by atoms with E-state index in [1.807, 2.05) is 23.1 Å². The fourth-order valence-electron chi connectivity index (χ4n) is 2.87. The molecular formula is C19H26N2O2. The van der Waals surface area contributed by atoms with Gasteiger partial charge < -0.3 is 4.90 Å². The molecule has 0 spiro atoms. The summed E-state index contributed by atoms with van der Waals surface area (Å²) in [5.74, 6) is -0.131. The van der Waals surface area contributed by atoms with Gasteiger partial charge in [-0.1, -0.05) is 45.0 Å². The molecule has 1 heterocycles. The molecule has 2 rings (SSSR count). The molecule has 0 fully saturated rings. The summed E-state index contributed by atoms with van der Waals surface area (Å²) in [5, 5.41) is 0. The van der Waals surface area contributed by atoms with E-state index in [9.17, 15) is 9.59 Å². The largest absolute Gasteiger partial charge is 0.338 e. The molecule has 1 aromatic rings. The second-order valence-electron chi connectivity index (χ2n) is 6.08. The number of unbranched alkanes of at least 4 members (excludes halogenated alkanes) is 1. The van der Waals surface area contributed by atoms with Crippen molar-refractivity contribution >= 4 is 17.5 Å². The number of rotatable bonds is 7. The van der Waals surface area contributed by atoms with Crippen LogP contribution < -0.4 is 0 Å². The topological polar surface area (TPSA) is 40.6 Å². The molecule has 0 radical (unpaired) electrons. The number of carbonyl (C=O) groups is 2. The van der Waals surface area contributed by atoms with Crippen molar-refractivity contribution in [2.45, 2.75) is 46.1 Å². The monoisotopic (exact) mass is 314 g/mol. The summed E-state index contributed by atoms with van der Waals surface area (Å²) < 4.78 is 0. The molecular weight excluding hydrogens is 288 g/mol. The second-order valence-corrected chi connectivity index (χ2v) is 6.08. The van der Waals surface area contributed by atoms with Crippen molar-refractivity contribution in [3.05, 3.63) is 42.0 Å². The van der Waals surface area contributed by atoms with Crippen LogP contribution in [0.25, 0.3) is 5.70 Å². The molecule has 1 aromatic carbocycles. The summed E-state index contributed by atoms with van der Waals surface area (Å²) in [4.78, 5) is 28.7. The van der Waals surface area contributed by atoms with E-state index in [0.717, 1.165) is 31.4 Å². The van der Waals surface area contributed by atoms with E-state index in [1.54, 1.807) is 6.07 Å². The van der Waals surface area contributed by atoms with Crippen molar-refractivity contribution in [2.24, 2.45) is 0 Å². The Morgan fingerprint density at radius 2 is 1.91 bits per heavy atom. The summed E-state index contributed by atoms with van der Waals surface area (Å²) in [5.41, 5.74) is 2.08. The molecule has 2 amide bonds. The Bertz CT molecular complexity index is 574. The highest BCUT2D eigenvalue weighted by atomic mass is 16.2. The van der Waals surface area contributed by atoms with Crippen LogP contribution in [0.1, 0.15) is 56.0 Å². The van der Waals surface area contributed by atoms with Gasteiger partial charge in [-0.3, -0.25) is 14.5 Å². The third-order valence-corrected chi connectivity index (χ3v) is 4.53. The van der Waals surface area contributed by atoms with Crippen LogP contribution in [0.2, 0.25) is 0 Å².